The van der Waals surface area contributed by atoms with Crippen LogP contribution >= 0.6 is 0 Å². The number of ether oxygens (including phenoxy) is 1. The predicted octanol–water partition coefficient (Wildman–Crippen LogP) is 1.63. The fourth-order valence-electron chi connectivity index (χ4n) is 1.88. The Morgan fingerprint density at radius 1 is 1.16 bits per heavy atom. The van der Waals surface area contributed by atoms with Crippen molar-refractivity contribution in [2.24, 2.45) is 5.73 Å². The van der Waals surface area contributed by atoms with E-state index in [1.54, 1.807) is 6.33 Å². The molecule has 0 bridgehead atoms. The molecule has 0 aliphatic rings. The average Bonchev–Trinajstić information content (AvgIpc) is 2.40. The summed E-state index contributed by atoms with van der Waals surface area (Å²) in [5, 5.41) is 4.32. The van der Waals surface area contributed by atoms with Crippen LogP contribution in [0.3, 0.4) is 0 Å². The van der Waals surface area contributed by atoms with Crippen LogP contribution in [0.25, 0.3) is 10.9 Å². The molecule has 0 saturated heterocycles. The van der Waals surface area contributed by atoms with Gasteiger partial charge in [-0.1, -0.05) is 0 Å². The van der Waals surface area contributed by atoms with E-state index in [0.717, 1.165) is 16.7 Å². The molecular formula is C14H20N4O. The highest BCUT2D eigenvalue weighted by atomic mass is 16.5. The number of hydrogen-bond acceptors (Lipinski definition) is 5. The van der Waals surface area contributed by atoms with Crippen molar-refractivity contribution in [3.05, 3.63) is 29.6 Å². The maximum absolute atomic E-state index is 5.36. The molecule has 0 fully saturated rings. The van der Waals surface area contributed by atoms with Crippen LogP contribution < -0.4 is 11.1 Å². The van der Waals surface area contributed by atoms with Gasteiger partial charge < -0.3 is 15.8 Å². The molecule has 102 valence electrons. The van der Waals surface area contributed by atoms with Gasteiger partial charge in [0.1, 0.15) is 12.1 Å². The largest absolute Gasteiger partial charge is 0.378 e. The first-order valence-electron chi connectivity index (χ1n) is 6.46. The molecule has 0 atom stereocenters. The molecular weight excluding hydrogens is 240 g/mol. The summed E-state index contributed by atoms with van der Waals surface area (Å²) in [5.41, 5.74) is 8.80. The fourth-order valence-corrected chi connectivity index (χ4v) is 1.88. The minimum atomic E-state index is 0.551. The van der Waals surface area contributed by atoms with E-state index in [0.29, 0.717) is 26.3 Å². The quantitative estimate of drug-likeness (QED) is 0.772. The van der Waals surface area contributed by atoms with E-state index >= 15 is 0 Å². The van der Waals surface area contributed by atoms with Crippen molar-refractivity contribution < 1.29 is 4.74 Å². The molecule has 1 aromatic heterocycles. The second-order valence-electron chi connectivity index (χ2n) is 4.50. The van der Waals surface area contributed by atoms with Crippen LogP contribution in [-0.2, 0) is 4.74 Å². The Morgan fingerprint density at radius 3 is 2.74 bits per heavy atom. The van der Waals surface area contributed by atoms with E-state index in [1.807, 2.05) is 0 Å². The van der Waals surface area contributed by atoms with Gasteiger partial charge in [-0.15, -0.1) is 0 Å². The standard InChI is InChI=1S/C14H20N4O/c1-10-7-12-13(8-11(10)2)17-9-18-14(12)16-4-6-19-5-3-15/h7-9H,3-6,15H2,1-2H3,(H,16,17,18). The van der Waals surface area contributed by atoms with E-state index in [4.69, 9.17) is 10.5 Å². The number of hydrogen-bond donors (Lipinski definition) is 2. The summed E-state index contributed by atoms with van der Waals surface area (Å²) in [4.78, 5) is 8.60. The van der Waals surface area contributed by atoms with Crippen LogP contribution in [0.5, 0.6) is 0 Å². The van der Waals surface area contributed by atoms with E-state index in [9.17, 15) is 0 Å². The highest BCUT2D eigenvalue weighted by Crippen LogP contribution is 2.22. The molecule has 5 nitrogen and oxygen atoms in total. The highest BCUT2D eigenvalue weighted by molar-refractivity contribution is 5.89. The topological polar surface area (TPSA) is 73.1 Å². The molecule has 3 N–H and O–H groups in total. The number of aromatic nitrogens is 2. The lowest BCUT2D eigenvalue weighted by Gasteiger charge is -2.10. The maximum Gasteiger partial charge on any atom is 0.137 e. The van der Waals surface area contributed by atoms with Crippen LogP contribution in [0.1, 0.15) is 11.1 Å². The van der Waals surface area contributed by atoms with E-state index in [-0.39, 0.29) is 0 Å². The molecule has 0 unspecified atom stereocenters. The number of fused-ring (bicyclic) bond motifs is 1. The molecule has 0 spiro atoms. The van der Waals surface area contributed by atoms with Gasteiger partial charge in [0, 0.05) is 18.5 Å². The van der Waals surface area contributed by atoms with Crippen molar-refractivity contribution in [1.29, 1.82) is 0 Å². The van der Waals surface area contributed by atoms with Crippen LogP contribution in [0.4, 0.5) is 5.82 Å². The number of nitrogens with zero attached hydrogens (tertiary/aromatic N) is 2. The van der Waals surface area contributed by atoms with Crippen molar-refractivity contribution in [2.75, 3.05) is 31.6 Å². The summed E-state index contributed by atoms with van der Waals surface area (Å²) in [6, 6.07) is 4.20. The number of aryl methyl sites for hydroxylation is 2. The minimum Gasteiger partial charge on any atom is -0.378 e. The SMILES string of the molecule is Cc1cc2ncnc(NCCOCCN)c2cc1C. The molecule has 0 amide bonds. The van der Waals surface area contributed by atoms with Crippen LogP contribution in [0.2, 0.25) is 0 Å². The van der Waals surface area contributed by atoms with Crippen LogP contribution in [0.15, 0.2) is 18.5 Å². The number of anilines is 1. The maximum atomic E-state index is 5.36. The van der Waals surface area contributed by atoms with Gasteiger partial charge in [-0.25, -0.2) is 9.97 Å². The van der Waals surface area contributed by atoms with Gasteiger partial charge in [0.2, 0.25) is 0 Å². The predicted molar refractivity (Wildman–Crippen MR) is 77.4 cm³/mol. The summed E-state index contributed by atoms with van der Waals surface area (Å²) >= 11 is 0. The summed E-state index contributed by atoms with van der Waals surface area (Å²) in [7, 11) is 0. The van der Waals surface area contributed by atoms with Gasteiger partial charge in [0.25, 0.3) is 0 Å². The van der Waals surface area contributed by atoms with Crippen molar-refractivity contribution in [3.63, 3.8) is 0 Å². The van der Waals surface area contributed by atoms with Crippen LogP contribution in [-0.4, -0.2) is 36.3 Å². The summed E-state index contributed by atoms with van der Waals surface area (Å²) in [6.45, 7) is 6.65. The van der Waals surface area contributed by atoms with Crippen molar-refractivity contribution in [2.45, 2.75) is 13.8 Å². The Bertz CT molecular complexity index is 556. The third-order valence-electron chi connectivity index (χ3n) is 3.05. The summed E-state index contributed by atoms with van der Waals surface area (Å²) in [6.07, 6.45) is 1.58. The molecule has 1 heterocycles. The molecule has 2 rings (SSSR count). The Hall–Kier alpha value is -1.72. The van der Waals surface area contributed by atoms with Gasteiger partial charge >= 0.3 is 0 Å². The Kier molecular flexibility index (Phi) is 4.65. The second kappa shape index (κ2) is 6.45. The van der Waals surface area contributed by atoms with Gasteiger partial charge in [-0.2, -0.15) is 0 Å². The van der Waals surface area contributed by atoms with E-state index in [2.05, 4.69) is 41.3 Å². The average molecular weight is 260 g/mol. The summed E-state index contributed by atoms with van der Waals surface area (Å²) < 4.78 is 5.33. The third kappa shape index (κ3) is 3.39. The molecule has 0 aliphatic carbocycles. The Morgan fingerprint density at radius 2 is 1.95 bits per heavy atom. The first-order chi connectivity index (χ1) is 9.22. The number of rotatable bonds is 6. The lowest BCUT2D eigenvalue weighted by molar-refractivity contribution is 0.151. The molecule has 0 radical (unpaired) electrons. The monoisotopic (exact) mass is 260 g/mol. The first kappa shape index (κ1) is 13.7. The lowest BCUT2D eigenvalue weighted by atomic mass is 10.1. The molecule has 2 aromatic rings. The number of nitrogens with one attached hydrogen (secondary N) is 1. The Balaban J connectivity index is 2.12. The van der Waals surface area contributed by atoms with Gasteiger partial charge in [0.15, 0.2) is 0 Å². The summed E-state index contributed by atoms with van der Waals surface area (Å²) in [5.74, 6) is 0.851. The van der Waals surface area contributed by atoms with Crippen LogP contribution in [0, 0.1) is 13.8 Å². The van der Waals surface area contributed by atoms with Crippen molar-refractivity contribution >= 4 is 16.7 Å². The fraction of sp³-hybridized carbons (Fsp3) is 0.429. The molecule has 5 heteroatoms. The zero-order valence-electron chi connectivity index (χ0n) is 11.4. The normalized spacial score (nSPS) is 10.9. The Labute approximate surface area is 113 Å². The van der Waals surface area contributed by atoms with Gasteiger partial charge in [0.05, 0.1) is 18.7 Å². The zero-order chi connectivity index (χ0) is 13.7. The van der Waals surface area contributed by atoms with Gasteiger partial charge in [-0.05, 0) is 37.1 Å². The number of benzene rings is 1. The third-order valence-corrected chi connectivity index (χ3v) is 3.05. The lowest BCUT2D eigenvalue weighted by Crippen LogP contribution is -2.15. The molecule has 0 saturated carbocycles. The highest BCUT2D eigenvalue weighted by Gasteiger charge is 2.05. The zero-order valence-corrected chi connectivity index (χ0v) is 11.4. The number of nitrogens with two attached hydrogens (primary N) is 1. The molecule has 19 heavy (non-hydrogen) atoms. The molecule has 1 aromatic carbocycles. The van der Waals surface area contributed by atoms with Gasteiger partial charge in [-0.3, -0.25) is 0 Å². The van der Waals surface area contributed by atoms with E-state index < -0.39 is 0 Å². The smallest absolute Gasteiger partial charge is 0.137 e. The first-order valence-corrected chi connectivity index (χ1v) is 6.46. The van der Waals surface area contributed by atoms with Crippen molar-refractivity contribution in [1.82, 2.24) is 9.97 Å². The minimum absolute atomic E-state index is 0.551. The second-order valence-corrected chi connectivity index (χ2v) is 4.50. The van der Waals surface area contributed by atoms with Crippen molar-refractivity contribution in [3.8, 4) is 0 Å². The van der Waals surface area contributed by atoms with E-state index in [1.165, 1.54) is 11.1 Å². The molecule has 0 aliphatic heterocycles.